The molecule has 4 nitrogen and oxygen atoms in total. The van der Waals surface area contributed by atoms with E-state index in [1.165, 1.54) is 18.2 Å². The molecule has 0 radical (unpaired) electrons. The number of carbonyl (C=O) groups excluding carboxylic acids is 1. The quantitative estimate of drug-likeness (QED) is 0.896. The minimum Gasteiger partial charge on any atom is -0.433 e. The van der Waals surface area contributed by atoms with Crippen LogP contribution in [0.4, 0.5) is 14.5 Å². The molecule has 0 aromatic heterocycles. The fraction of sp³-hybridized carbons (Fsp3) is 0.417. The van der Waals surface area contributed by atoms with Crippen LogP contribution in [0.2, 0.25) is 5.02 Å². The number of anilines is 1. The average molecular weight is 291 g/mol. The molecule has 3 N–H and O–H groups in total. The minimum absolute atomic E-state index is 0.00205. The number of nitrogens with one attached hydrogen (secondary N) is 1. The van der Waals surface area contributed by atoms with E-state index in [-0.39, 0.29) is 16.7 Å². The van der Waals surface area contributed by atoms with E-state index in [4.69, 9.17) is 17.3 Å². The highest BCUT2D eigenvalue weighted by atomic mass is 35.5. The smallest absolute Gasteiger partial charge is 0.387 e. The second kappa shape index (κ2) is 5.30. The van der Waals surface area contributed by atoms with Crippen molar-refractivity contribution in [2.45, 2.75) is 31.4 Å². The number of benzene rings is 1. The number of halogens is 3. The maximum absolute atomic E-state index is 12.1. The first kappa shape index (κ1) is 14.0. The summed E-state index contributed by atoms with van der Waals surface area (Å²) in [4.78, 5) is 11.9. The molecular weight excluding hydrogens is 278 g/mol. The summed E-state index contributed by atoms with van der Waals surface area (Å²) in [7, 11) is 0. The summed E-state index contributed by atoms with van der Waals surface area (Å²) >= 11 is 5.78. The third-order valence-electron chi connectivity index (χ3n) is 3.10. The lowest BCUT2D eigenvalue weighted by Crippen LogP contribution is -2.56. The second-order valence-corrected chi connectivity index (χ2v) is 4.89. The largest absolute Gasteiger partial charge is 0.433 e. The van der Waals surface area contributed by atoms with Gasteiger partial charge >= 0.3 is 6.61 Å². The number of ether oxygens (including phenoxy) is 1. The van der Waals surface area contributed by atoms with Gasteiger partial charge in [-0.1, -0.05) is 11.6 Å². The van der Waals surface area contributed by atoms with Crippen molar-refractivity contribution in [3.05, 3.63) is 23.2 Å². The SMILES string of the molecule is NC1(C(=O)Nc2ccc(OC(F)F)c(Cl)c2)CCC1. The zero-order chi connectivity index (χ0) is 14.0. The third kappa shape index (κ3) is 3.13. The van der Waals surface area contributed by atoms with Gasteiger partial charge in [0.2, 0.25) is 5.91 Å². The van der Waals surface area contributed by atoms with Gasteiger partial charge in [0.05, 0.1) is 10.6 Å². The van der Waals surface area contributed by atoms with Crippen LogP contribution in [0.15, 0.2) is 18.2 Å². The summed E-state index contributed by atoms with van der Waals surface area (Å²) < 4.78 is 28.3. The van der Waals surface area contributed by atoms with Crippen molar-refractivity contribution in [1.29, 1.82) is 0 Å². The van der Waals surface area contributed by atoms with Crippen molar-refractivity contribution < 1.29 is 18.3 Å². The summed E-state index contributed by atoms with van der Waals surface area (Å²) in [6.07, 6.45) is 2.20. The third-order valence-corrected chi connectivity index (χ3v) is 3.40. The first-order valence-corrected chi connectivity index (χ1v) is 6.13. The zero-order valence-electron chi connectivity index (χ0n) is 9.96. The average Bonchev–Trinajstić information content (AvgIpc) is 2.29. The van der Waals surface area contributed by atoms with Crippen LogP contribution in [-0.4, -0.2) is 18.1 Å². The van der Waals surface area contributed by atoms with Gasteiger partial charge in [0.25, 0.3) is 0 Å². The van der Waals surface area contributed by atoms with Gasteiger partial charge in [-0.15, -0.1) is 0 Å². The van der Waals surface area contributed by atoms with E-state index in [1.807, 2.05) is 0 Å². The number of rotatable bonds is 4. The molecule has 0 saturated heterocycles. The number of hydrogen-bond donors (Lipinski definition) is 2. The molecule has 104 valence electrons. The van der Waals surface area contributed by atoms with Gasteiger partial charge in [-0.05, 0) is 37.5 Å². The Hall–Kier alpha value is -1.40. The molecule has 1 fully saturated rings. The van der Waals surface area contributed by atoms with Gasteiger partial charge in [0.1, 0.15) is 5.75 Å². The molecule has 0 aliphatic heterocycles. The Balaban J connectivity index is 2.05. The normalized spacial score (nSPS) is 16.9. The van der Waals surface area contributed by atoms with Gasteiger partial charge in [0.15, 0.2) is 0 Å². The van der Waals surface area contributed by atoms with Crippen molar-refractivity contribution in [1.82, 2.24) is 0 Å². The van der Waals surface area contributed by atoms with Crippen molar-refractivity contribution >= 4 is 23.2 Å². The summed E-state index contributed by atoms with van der Waals surface area (Å²) in [6, 6.07) is 4.05. The Morgan fingerprint density at radius 1 is 1.47 bits per heavy atom. The lowest BCUT2D eigenvalue weighted by Gasteiger charge is -2.36. The summed E-state index contributed by atoms with van der Waals surface area (Å²) in [5.41, 5.74) is 5.43. The van der Waals surface area contributed by atoms with Crippen LogP contribution in [-0.2, 0) is 4.79 Å². The first-order valence-electron chi connectivity index (χ1n) is 5.75. The van der Waals surface area contributed by atoms with Gasteiger partial charge < -0.3 is 15.8 Å². The number of amides is 1. The fourth-order valence-corrected chi connectivity index (χ4v) is 2.04. The minimum atomic E-state index is -2.94. The highest BCUT2D eigenvalue weighted by molar-refractivity contribution is 6.32. The zero-order valence-corrected chi connectivity index (χ0v) is 10.7. The van der Waals surface area contributed by atoms with Gasteiger partial charge in [-0.2, -0.15) is 8.78 Å². The maximum atomic E-state index is 12.1. The molecule has 0 bridgehead atoms. The molecule has 0 atom stereocenters. The van der Waals surface area contributed by atoms with E-state index in [0.29, 0.717) is 18.5 Å². The number of nitrogens with two attached hydrogens (primary N) is 1. The van der Waals surface area contributed by atoms with Crippen LogP contribution in [0.5, 0.6) is 5.75 Å². The molecule has 7 heteroatoms. The van der Waals surface area contributed by atoms with E-state index in [1.54, 1.807) is 0 Å². The predicted octanol–water partition coefficient (Wildman–Crippen LogP) is 2.76. The van der Waals surface area contributed by atoms with Gasteiger partial charge in [-0.3, -0.25) is 4.79 Å². The Morgan fingerprint density at radius 2 is 2.16 bits per heavy atom. The van der Waals surface area contributed by atoms with Crippen LogP contribution < -0.4 is 15.8 Å². The second-order valence-electron chi connectivity index (χ2n) is 4.49. The molecule has 1 amide bonds. The van der Waals surface area contributed by atoms with Crippen LogP contribution >= 0.6 is 11.6 Å². The molecule has 0 heterocycles. The van der Waals surface area contributed by atoms with E-state index in [2.05, 4.69) is 10.1 Å². The molecule has 19 heavy (non-hydrogen) atoms. The molecule has 2 rings (SSSR count). The topological polar surface area (TPSA) is 64.4 Å². The van der Waals surface area contributed by atoms with Gasteiger partial charge in [0, 0.05) is 5.69 Å². The summed E-state index contributed by atoms with van der Waals surface area (Å²) in [5.74, 6) is -0.432. The van der Waals surface area contributed by atoms with Crippen molar-refractivity contribution in [2.24, 2.45) is 5.73 Å². The Morgan fingerprint density at radius 3 is 2.63 bits per heavy atom. The molecule has 1 aliphatic rings. The van der Waals surface area contributed by atoms with E-state index < -0.39 is 12.2 Å². The lowest BCUT2D eigenvalue weighted by molar-refractivity contribution is -0.123. The van der Waals surface area contributed by atoms with Gasteiger partial charge in [-0.25, -0.2) is 0 Å². The molecule has 1 saturated carbocycles. The highest BCUT2D eigenvalue weighted by Gasteiger charge is 2.40. The maximum Gasteiger partial charge on any atom is 0.387 e. The van der Waals surface area contributed by atoms with Crippen LogP contribution in [0.3, 0.4) is 0 Å². The Labute approximate surface area is 113 Å². The van der Waals surface area contributed by atoms with E-state index in [9.17, 15) is 13.6 Å². The monoisotopic (exact) mass is 290 g/mol. The predicted molar refractivity (Wildman–Crippen MR) is 67.5 cm³/mol. The van der Waals surface area contributed by atoms with Crippen molar-refractivity contribution in [2.75, 3.05) is 5.32 Å². The molecule has 1 aliphatic carbocycles. The standard InChI is InChI=1S/C12H13ClF2N2O2/c13-8-6-7(2-3-9(8)19-11(14)15)17-10(18)12(16)4-1-5-12/h2-3,6,11H,1,4-5,16H2,(H,17,18). The van der Waals surface area contributed by atoms with Crippen LogP contribution in [0.25, 0.3) is 0 Å². The first-order chi connectivity index (χ1) is 8.90. The summed E-state index contributed by atoms with van der Waals surface area (Å²) in [6.45, 7) is -2.94. The molecule has 0 unspecified atom stereocenters. The lowest BCUT2D eigenvalue weighted by atomic mass is 9.77. The van der Waals surface area contributed by atoms with Crippen LogP contribution in [0, 0.1) is 0 Å². The fourth-order valence-electron chi connectivity index (χ4n) is 1.81. The number of alkyl halides is 2. The number of carbonyl (C=O) groups is 1. The Bertz CT molecular complexity index is 493. The van der Waals surface area contributed by atoms with E-state index in [0.717, 1.165) is 6.42 Å². The highest BCUT2D eigenvalue weighted by Crippen LogP contribution is 2.32. The summed E-state index contributed by atoms with van der Waals surface area (Å²) in [5, 5.41) is 2.61. The van der Waals surface area contributed by atoms with Crippen LogP contribution in [0.1, 0.15) is 19.3 Å². The van der Waals surface area contributed by atoms with E-state index >= 15 is 0 Å². The Kier molecular flexibility index (Phi) is 3.91. The molecular formula is C12H13ClF2N2O2. The molecule has 1 aromatic carbocycles. The number of hydrogen-bond acceptors (Lipinski definition) is 3. The van der Waals surface area contributed by atoms with Crippen molar-refractivity contribution in [3.8, 4) is 5.75 Å². The van der Waals surface area contributed by atoms with Crippen molar-refractivity contribution in [3.63, 3.8) is 0 Å². The molecule has 1 aromatic rings. The molecule has 0 spiro atoms.